The molecule has 0 bridgehead atoms. The zero-order chi connectivity index (χ0) is 12.3. The summed E-state index contributed by atoms with van der Waals surface area (Å²) in [5.41, 5.74) is 1.31. The summed E-state index contributed by atoms with van der Waals surface area (Å²) in [6.45, 7) is 5.99. The largest absolute Gasteiger partial charge is 0.392 e. The molecule has 1 aliphatic heterocycles. The minimum atomic E-state index is 0.132. The van der Waals surface area contributed by atoms with Crippen LogP contribution in [0.3, 0.4) is 0 Å². The number of anilines is 1. The lowest BCUT2D eigenvalue weighted by Crippen LogP contribution is -2.30. The van der Waals surface area contributed by atoms with Crippen molar-refractivity contribution in [3.63, 3.8) is 0 Å². The molecule has 1 aromatic heterocycles. The molecule has 0 spiro atoms. The fraction of sp³-hybridized carbons (Fsp3) is 0.667. The molecule has 5 heteroatoms. The summed E-state index contributed by atoms with van der Waals surface area (Å²) in [6.07, 6.45) is 3.81. The van der Waals surface area contributed by atoms with Gasteiger partial charge in [0.05, 0.1) is 6.61 Å². The van der Waals surface area contributed by atoms with Crippen LogP contribution in [0.2, 0.25) is 0 Å². The summed E-state index contributed by atoms with van der Waals surface area (Å²) >= 11 is 0. The van der Waals surface area contributed by atoms with E-state index in [1.54, 1.807) is 0 Å². The lowest BCUT2D eigenvalue weighted by atomic mass is 10.0. The second kappa shape index (κ2) is 5.31. The molecular formula is C12H19N3O2. The van der Waals surface area contributed by atoms with Gasteiger partial charge in [-0.15, -0.1) is 0 Å². The number of piperidine rings is 1. The highest BCUT2D eigenvalue weighted by Crippen LogP contribution is 2.22. The Labute approximate surface area is 101 Å². The third-order valence-electron chi connectivity index (χ3n) is 3.00. The molecule has 0 amide bonds. The molecule has 1 N–H and O–H groups in total. The van der Waals surface area contributed by atoms with Crippen LogP contribution in [0, 0.1) is 0 Å². The SMILES string of the molecule is CC(C)c1noc(N2CCC(=CCO)CC2)n1. The molecule has 2 rings (SSSR count). The van der Waals surface area contributed by atoms with Crippen molar-refractivity contribution >= 4 is 6.01 Å². The Kier molecular flexibility index (Phi) is 3.78. The van der Waals surface area contributed by atoms with Gasteiger partial charge in [0.2, 0.25) is 0 Å². The van der Waals surface area contributed by atoms with Crippen molar-refractivity contribution in [1.29, 1.82) is 0 Å². The number of hydrogen-bond donors (Lipinski definition) is 1. The normalized spacial score (nSPS) is 16.7. The van der Waals surface area contributed by atoms with E-state index in [0.29, 0.717) is 11.9 Å². The quantitative estimate of drug-likeness (QED) is 0.811. The van der Waals surface area contributed by atoms with Crippen molar-refractivity contribution < 1.29 is 9.63 Å². The molecule has 0 saturated carbocycles. The summed E-state index contributed by atoms with van der Waals surface area (Å²) in [5.74, 6) is 1.05. The minimum Gasteiger partial charge on any atom is -0.392 e. The van der Waals surface area contributed by atoms with Gasteiger partial charge in [-0.05, 0) is 12.8 Å². The predicted octanol–water partition coefficient (Wildman–Crippen LogP) is 1.71. The van der Waals surface area contributed by atoms with Gasteiger partial charge in [0.1, 0.15) is 0 Å². The molecule has 2 heterocycles. The van der Waals surface area contributed by atoms with E-state index in [2.05, 4.69) is 15.0 Å². The number of aliphatic hydroxyl groups excluding tert-OH is 1. The zero-order valence-corrected chi connectivity index (χ0v) is 10.4. The Bertz CT molecular complexity index is 388. The van der Waals surface area contributed by atoms with Crippen molar-refractivity contribution in [2.75, 3.05) is 24.6 Å². The van der Waals surface area contributed by atoms with E-state index in [-0.39, 0.29) is 6.61 Å². The molecule has 94 valence electrons. The van der Waals surface area contributed by atoms with E-state index >= 15 is 0 Å². The van der Waals surface area contributed by atoms with Crippen LogP contribution in [0.4, 0.5) is 6.01 Å². The third kappa shape index (κ3) is 2.85. The molecule has 1 aromatic rings. The van der Waals surface area contributed by atoms with Crippen LogP contribution >= 0.6 is 0 Å². The first-order valence-corrected chi connectivity index (χ1v) is 6.08. The van der Waals surface area contributed by atoms with Crippen molar-refractivity contribution in [3.8, 4) is 0 Å². The molecule has 0 unspecified atom stereocenters. The molecule has 0 aliphatic carbocycles. The highest BCUT2D eigenvalue weighted by atomic mass is 16.5. The number of hydrogen-bond acceptors (Lipinski definition) is 5. The molecule has 1 aliphatic rings. The fourth-order valence-electron chi connectivity index (χ4n) is 1.91. The molecule has 1 saturated heterocycles. The van der Waals surface area contributed by atoms with Gasteiger partial charge in [-0.1, -0.05) is 30.7 Å². The van der Waals surface area contributed by atoms with Crippen LogP contribution in [0.25, 0.3) is 0 Å². The maximum Gasteiger partial charge on any atom is 0.324 e. The molecule has 0 atom stereocenters. The van der Waals surface area contributed by atoms with Gasteiger partial charge in [0, 0.05) is 19.0 Å². The van der Waals surface area contributed by atoms with Gasteiger partial charge in [-0.3, -0.25) is 0 Å². The summed E-state index contributed by atoms with van der Waals surface area (Å²) in [4.78, 5) is 6.49. The van der Waals surface area contributed by atoms with Crippen LogP contribution in [0.15, 0.2) is 16.2 Å². The lowest BCUT2D eigenvalue weighted by molar-refractivity contribution is 0.340. The summed E-state index contributed by atoms with van der Waals surface area (Å²) in [5, 5.41) is 12.8. The number of aliphatic hydroxyl groups is 1. The minimum absolute atomic E-state index is 0.132. The second-order valence-electron chi connectivity index (χ2n) is 4.62. The van der Waals surface area contributed by atoms with Crippen molar-refractivity contribution in [1.82, 2.24) is 10.1 Å². The topological polar surface area (TPSA) is 62.4 Å². The van der Waals surface area contributed by atoms with Crippen LogP contribution in [0.5, 0.6) is 0 Å². The summed E-state index contributed by atoms with van der Waals surface area (Å²) in [7, 11) is 0. The molecule has 5 nitrogen and oxygen atoms in total. The highest BCUT2D eigenvalue weighted by molar-refractivity contribution is 5.29. The predicted molar refractivity (Wildman–Crippen MR) is 65.0 cm³/mol. The van der Waals surface area contributed by atoms with Crippen LogP contribution < -0.4 is 4.90 Å². The number of rotatable bonds is 3. The van der Waals surface area contributed by atoms with Crippen LogP contribution in [0.1, 0.15) is 38.4 Å². The third-order valence-corrected chi connectivity index (χ3v) is 3.00. The summed E-state index contributed by atoms with van der Waals surface area (Å²) < 4.78 is 5.26. The number of nitrogens with zero attached hydrogens (tertiary/aromatic N) is 3. The Morgan fingerprint density at radius 2 is 2.12 bits per heavy atom. The molecule has 0 radical (unpaired) electrons. The van der Waals surface area contributed by atoms with E-state index in [0.717, 1.165) is 31.8 Å². The van der Waals surface area contributed by atoms with Gasteiger partial charge in [0.25, 0.3) is 0 Å². The van der Waals surface area contributed by atoms with Crippen molar-refractivity contribution in [2.24, 2.45) is 0 Å². The van der Waals surface area contributed by atoms with Crippen LogP contribution in [-0.2, 0) is 0 Å². The maximum absolute atomic E-state index is 8.83. The smallest absolute Gasteiger partial charge is 0.324 e. The van der Waals surface area contributed by atoms with Gasteiger partial charge in [-0.2, -0.15) is 4.98 Å². The Morgan fingerprint density at radius 1 is 1.41 bits per heavy atom. The Hall–Kier alpha value is -1.36. The van der Waals surface area contributed by atoms with Gasteiger partial charge >= 0.3 is 6.01 Å². The van der Waals surface area contributed by atoms with Crippen LogP contribution in [-0.4, -0.2) is 34.9 Å². The first-order valence-electron chi connectivity index (χ1n) is 6.08. The standard InChI is InChI=1S/C12H19N3O2/c1-9(2)11-13-12(17-14-11)15-6-3-10(4-7-15)5-8-16/h5,9,16H,3-4,6-8H2,1-2H3. The maximum atomic E-state index is 8.83. The van der Waals surface area contributed by atoms with Crippen molar-refractivity contribution in [3.05, 3.63) is 17.5 Å². The average Bonchev–Trinajstić information content (AvgIpc) is 2.80. The average molecular weight is 237 g/mol. The first-order chi connectivity index (χ1) is 8.20. The van der Waals surface area contributed by atoms with Gasteiger partial charge in [-0.25, -0.2) is 0 Å². The van der Waals surface area contributed by atoms with E-state index in [1.807, 2.05) is 19.9 Å². The molecular weight excluding hydrogens is 218 g/mol. The van der Waals surface area contributed by atoms with Gasteiger partial charge in [0.15, 0.2) is 5.82 Å². The summed E-state index contributed by atoms with van der Waals surface area (Å²) in [6, 6.07) is 0.622. The monoisotopic (exact) mass is 237 g/mol. The molecule has 17 heavy (non-hydrogen) atoms. The Balaban J connectivity index is 1.98. The van der Waals surface area contributed by atoms with E-state index in [1.165, 1.54) is 5.57 Å². The van der Waals surface area contributed by atoms with E-state index in [4.69, 9.17) is 9.63 Å². The zero-order valence-electron chi connectivity index (χ0n) is 10.4. The second-order valence-corrected chi connectivity index (χ2v) is 4.62. The highest BCUT2D eigenvalue weighted by Gasteiger charge is 2.19. The van der Waals surface area contributed by atoms with E-state index < -0.39 is 0 Å². The Morgan fingerprint density at radius 3 is 2.65 bits per heavy atom. The molecule has 1 fully saturated rings. The van der Waals surface area contributed by atoms with Crippen molar-refractivity contribution in [2.45, 2.75) is 32.6 Å². The lowest BCUT2D eigenvalue weighted by Gasteiger charge is -2.26. The fourth-order valence-corrected chi connectivity index (χ4v) is 1.91. The van der Waals surface area contributed by atoms with Gasteiger partial charge < -0.3 is 14.5 Å². The first kappa shape index (κ1) is 12.1. The molecule has 0 aromatic carbocycles. The van der Waals surface area contributed by atoms with E-state index in [9.17, 15) is 0 Å². The number of aromatic nitrogens is 2.